The van der Waals surface area contributed by atoms with E-state index in [4.69, 9.17) is 19.9 Å². The number of nitrogens with zero attached hydrogens (tertiary/aromatic N) is 3. The maximum Gasteiger partial charge on any atom is 0.224 e. The minimum atomic E-state index is 0.0152. The molecule has 8 heteroatoms. The van der Waals surface area contributed by atoms with Crippen LogP contribution in [0.25, 0.3) is 22.8 Å². The van der Waals surface area contributed by atoms with Gasteiger partial charge >= 0.3 is 0 Å². The monoisotopic (exact) mass is 522 g/mol. The van der Waals surface area contributed by atoms with Crippen molar-refractivity contribution in [2.24, 2.45) is 0 Å². The first-order valence-electron chi connectivity index (χ1n) is 13.9. The van der Waals surface area contributed by atoms with E-state index in [1.54, 1.807) is 18.2 Å². The molecule has 1 aromatic heterocycles. The number of nitrogens with two attached hydrogens (primary N) is 1. The Morgan fingerprint density at radius 3 is 1.68 bits per heavy atom. The quantitative estimate of drug-likeness (QED) is 0.179. The lowest BCUT2D eigenvalue weighted by molar-refractivity contribution is 0.292. The van der Waals surface area contributed by atoms with Gasteiger partial charge in [0, 0.05) is 12.1 Å². The van der Waals surface area contributed by atoms with Crippen LogP contribution in [0.2, 0.25) is 0 Å². The first kappa shape index (κ1) is 29.0. The number of anilines is 1. The molecule has 3 N–H and O–H groups in total. The summed E-state index contributed by atoms with van der Waals surface area (Å²) in [6.45, 7) is 8.31. The zero-order valence-electron chi connectivity index (χ0n) is 23.0. The molecule has 0 bridgehead atoms. The number of hydrogen-bond acceptors (Lipinski definition) is 8. The van der Waals surface area contributed by atoms with Crippen LogP contribution in [0.4, 0.5) is 5.95 Å². The van der Waals surface area contributed by atoms with E-state index in [1.807, 2.05) is 18.2 Å². The molecule has 3 aromatic rings. The Labute approximate surface area is 226 Å². The lowest BCUT2D eigenvalue weighted by atomic mass is 10.1. The van der Waals surface area contributed by atoms with E-state index in [2.05, 4.69) is 35.7 Å². The Kier molecular flexibility index (Phi) is 11.9. The van der Waals surface area contributed by atoms with Gasteiger partial charge in [-0.1, -0.05) is 59.3 Å². The molecule has 1 heterocycles. The fraction of sp³-hybridized carbons (Fsp3) is 0.500. The Balaban J connectivity index is 1.87. The number of phenolic OH excluding ortho intramolecular Hbond substituents is 1. The molecule has 0 radical (unpaired) electrons. The molecule has 0 fully saturated rings. The number of phenols is 1. The average Bonchev–Trinajstić information content (AvgIpc) is 2.91. The molecule has 0 amide bonds. The molecule has 0 saturated heterocycles. The number of aromatic hydroxyl groups is 1. The van der Waals surface area contributed by atoms with Crippen LogP contribution < -0.4 is 19.9 Å². The molecule has 2 aromatic carbocycles. The summed E-state index contributed by atoms with van der Waals surface area (Å²) in [4.78, 5) is 13.3. The molecule has 0 spiro atoms. The maximum absolute atomic E-state index is 10.7. The lowest BCUT2D eigenvalue weighted by Crippen LogP contribution is -2.05. The molecule has 0 unspecified atom stereocenters. The third kappa shape index (κ3) is 8.78. The third-order valence-corrected chi connectivity index (χ3v) is 6.10. The van der Waals surface area contributed by atoms with Crippen molar-refractivity contribution < 1.29 is 19.3 Å². The van der Waals surface area contributed by atoms with Gasteiger partial charge in [0.2, 0.25) is 5.95 Å². The Morgan fingerprint density at radius 1 is 0.632 bits per heavy atom. The Morgan fingerprint density at radius 2 is 1.13 bits per heavy atom. The predicted octanol–water partition coefficient (Wildman–Crippen LogP) is 7.20. The largest absolute Gasteiger partial charge is 0.507 e. The van der Waals surface area contributed by atoms with Crippen LogP contribution in [0.15, 0.2) is 36.4 Å². The van der Waals surface area contributed by atoms with Gasteiger partial charge < -0.3 is 25.1 Å². The van der Waals surface area contributed by atoms with Gasteiger partial charge in [0.15, 0.2) is 11.6 Å². The number of nitrogen functional groups attached to an aromatic ring is 1. The van der Waals surface area contributed by atoms with Crippen molar-refractivity contribution in [2.75, 3.05) is 25.6 Å². The van der Waals surface area contributed by atoms with Crippen LogP contribution in [0.5, 0.6) is 23.0 Å². The van der Waals surface area contributed by atoms with Gasteiger partial charge in [0.25, 0.3) is 0 Å². The predicted molar refractivity (Wildman–Crippen MR) is 152 cm³/mol. The summed E-state index contributed by atoms with van der Waals surface area (Å²) in [5.41, 5.74) is 7.22. The van der Waals surface area contributed by atoms with Crippen LogP contribution in [0.3, 0.4) is 0 Å². The van der Waals surface area contributed by atoms with E-state index < -0.39 is 0 Å². The van der Waals surface area contributed by atoms with E-state index in [0.29, 0.717) is 48.3 Å². The van der Waals surface area contributed by atoms with E-state index in [-0.39, 0.29) is 17.5 Å². The summed E-state index contributed by atoms with van der Waals surface area (Å²) in [5.74, 6) is 2.69. The second-order valence-corrected chi connectivity index (χ2v) is 9.34. The summed E-state index contributed by atoms with van der Waals surface area (Å²) < 4.78 is 17.9. The Bertz CT molecular complexity index is 1140. The minimum Gasteiger partial charge on any atom is -0.507 e. The van der Waals surface area contributed by atoms with Gasteiger partial charge in [-0.25, -0.2) is 4.98 Å². The number of aromatic nitrogens is 3. The number of hydrogen-bond donors (Lipinski definition) is 2. The number of rotatable bonds is 17. The van der Waals surface area contributed by atoms with Crippen molar-refractivity contribution in [3.8, 4) is 45.8 Å². The topological polar surface area (TPSA) is 113 Å². The van der Waals surface area contributed by atoms with Crippen LogP contribution in [-0.4, -0.2) is 39.9 Å². The number of unbranched alkanes of at least 4 members (excludes halogenated alkanes) is 6. The second-order valence-electron chi connectivity index (χ2n) is 9.34. The Hall–Kier alpha value is -3.55. The van der Waals surface area contributed by atoms with E-state index in [1.165, 1.54) is 0 Å². The van der Waals surface area contributed by atoms with Crippen molar-refractivity contribution in [1.29, 1.82) is 0 Å². The highest BCUT2D eigenvalue weighted by Crippen LogP contribution is 2.35. The fourth-order valence-electron chi connectivity index (χ4n) is 3.94. The lowest BCUT2D eigenvalue weighted by Gasteiger charge is -2.14. The smallest absolute Gasteiger partial charge is 0.224 e. The zero-order valence-corrected chi connectivity index (χ0v) is 23.0. The normalized spacial score (nSPS) is 10.9. The molecule has 0 aliphatic rings. The molecular weight excluding hydrogens is 480 g/mol. The highest BCUT2D eigenvalue weighted by atomic mass is 16.5. The maximum atomic E-state index is 10.7. The number of benzene rings is 2. The molecule has 38 heavy (non-hydrogen) atoms. The SMILES string of the molecule is CCCCCOc1ccc(-c2nc(N)nc(-c3ccc(OCCCCC)cc3OCCCCC)n2)c(O)c1. The van der Waals surface area contributed by atoms with Crippen molar-refractivity contribution in [2.45, 2.75) is 78.6 Å². The molecule has 0 saturated carbocycles. The molecule has 0 atom stereocenters. The summed E-state index contributed by atoms with van der Waals surface area (Å²) >= 11 is 0. The van der Waals surface area contributed by atoms with Crippen LogP contribution >= 0.6 is 0 Å². The zero-order chi connectivity index (χ0) is 27.2. The van der Waals surface area contributed by atoms with Gasteiger partial charge in [-0.15, -0.1) is 0 Å². The molecule has 206 valence electrons. The molecule has 8 nitrogen and oxygen atoms in total. The van der Waals surface area contributed by atoms with Gasteiger partial charge in [-0.3, -0.25) is 0 Å². The fourth-order valence-corrected chi connectivity index (χ4v) is 3.94. The molecule has 3 rings (SSSR count). The highest BCUT2D eigenvalue weighted by molar-refractivity contribution is 5.71. The highest BCUT2D eigenvalue weighted by Gasteiger charge is 2.17. The summed E-state index contributed by atoms with van der Waals surface area (Å²) in [6, 6.07) is 10.8. The van der Waals surface area contributed by atoms with Gasteiger partial charge in [0.05, 0.1) is 30.9 Å². The van der Waals surface area contributed by atoms with E-state index in [9.17, 15) is 5.11 Å². The van der Waals surface area contributed by atoms with E-state index >= 15 is 0 Å². The van der Waals surface area contributed by atoms with Crippen molar-refractivity contribution in [3.63, 3.8) is 0 Å². The van der Waals surface area contributed by atoms with Crippen LogP contribution in [0.1, 0.15) is 78.6 Å². The third-order valence-electron chi connectivity index (χ3n) is 6.10. The first-order valence-corrected chi connectivity index (χ1v) is 13.9. The molecular formula is C30H42N4O4. The minimum absolute atomic E-state index is 0.0152. The second kappa shape index (κ2) is 15.6. The van der Waals surface area contributed by atoms with Crippen molar-refractivity contribution in [1.82, 2.24) is 15.0 Å². The molecule has 0 aliphatic carbocycles. The standard InChI is InChI=1S/C30H42N4O4/c1-4-7-10-17-36-22-13-15-24(26(35)20-22)28-32-29(34-30(31)33-28)25-16-14-23(37-18-11-8-5-2)21-27(25)38-19-12-9-6-3/h13-16,20-21,35H,4-12,17-19H2,1-3H3,(H2,31,32,33,34). The first-order chi connectivity index (χ1) is 18.5. The summed E-state index contributed by atoms with van der Waals surface area (Å²) in [6.07, 6.45) is 9.61. The van der Waals surface area contributed by atoms with Crippen LogP contribution in [0, 0.1) is 0 Å². The van der Waals surface area contributed by atoms with Gasteiger partial charge in [0.1, 0.15) is 23.0 Å². The van der Waals surface area contributed by atoms with Gasteiger partial charge in [-0.2, -0.15) is 9.97 Å². The van der Waals surface area contributed by atoms with Crippen LogP contribution in [-0.2, 0) is 0 Å². The number of ether oxygens (including phenoxy) is 3. The summed E-state index contributed by atoms with van der Waals surface area (Å²) in [7, 11) is 0. The summed E-state index contributed by atoms with van der Waals surface area (Å²) in [5, 5.41) is 10.7. The molecule has 0 aliphatic heterocycles. The van der Waals surface area contributed by atoms with Crippen molar-refractivity contribution >= 4 is 5.95 Å². The average molecular weight is 523 g/mol. The van der Waals surface area contributed by atoms with E-state index in [0.717, 1.165) is 63.5 Å². The van der Waals surface area contributed by atoms with Gasteiger partial charge in [-0.05, 0) is 43.5 Å². The van der Waals surface area contributed by atoms with Crippen molar-refractivity contribution in [3.05, 3.63) is 36.4 Å².